The number of aromatic amines is 1. The highest BCUT2D eigenvalue weighted by molar-refractivity contribution is 9.10. The summed E-state index contributed by atoms with van der Waals surface area (Å²) in [7, 11) is 1.60. The van der Waals surface area contributed by atoms with Crippen LogP contribution >= 0.6 is 15.9 Å². The third-order valence-electron chi connectivity index (χ3n) is 1.71. The molecule has 0 amide bonds. The van der Waals surface area contributed by atoms with Gasteiger partial charge in [0.05, 0.1) is 4.47 Å². The van der Waals surface area contributed by atoms with Crippen molar-refractivity contribution in [2.75, 3.05) is 13.7 Å². The van der Waals surface area contributed by atoms with Crippen LogP contribution in [0.3, 0.4) is 0 Å². The van der Waals surface area contributed by atoms with E-state index in [9.17, 15) is 9.59 Å². The molecule has 1 aromatic rings. The molecule has 1 heterocycles. The van der Waals surface area contributed by atoms with Crippen LogP contribution in [0.15, 0.2) is 20.3 Å². The van der Waals surface area contributed by atoms with Crippen LogP contribution in [0.4, 0.5) is 0 Å². The third kappa shape index (κ3) is 2.81. The molecular weight excluding hydrogens is 252 g/mol. The first-order chi connectivity index (χ1) is 6.65. The molecule has 0 radical (unpaired) electrons. The molecule has 0 aliphatic heterocycles. The van der Waals surface area contributed by atoms with Gasteiger partial charge in [-0.05, 0) is 22.4 Å². The molecule has 0 saturated carbocycles. The van der Waals surface area contributed by atoms with E-state index in [0.717, 1.165) is 6.42 Å². The Morgan fingerprint density at radius 1 is 1.57 bits per heavy atom. The van der Waals surface area contributed by atoms with Crippen LogP contribution in [-0.4, -0.2) is 23.3 Å². The number of aryl methyl sites for hydroxylation is 1. The van der Waals surface area contributed by atoms with Crippen LogP contribution in [0.25, 0.3) is 0 Å². The van der Waals surface area contributed by atoms with Gasteiger partial charge in [-0.3, -0.25) is 14.3 Å². The second-order valence-corrected chi connectivity index (χ2v) is 3.63. The Kier molecular flexibility index (Phi) is 4.09. The number of hydrogen-bond donors (Lipinski definition) is 1. The number of H-pyrrole nitrogens is 1. The highest BCUT2D eigenvalue weighted by Gasteiger charge is 2.00. The number of aromatic nitrogens is 2. The van der Waals surface area contributed by atoms with Gasteiger partial charge in [0.15, 0.2) is 0 Å². The second kappa shape index (κ2) is 5.11. The topological polar surface area (TPSA) is 64.1 Å². The van der Waals surface area contributed by atoms with Crippen molar-refractivity contribution < 1.29 is 4.74 Å². The first-order valence-corrected chi connectivity index (χ1v) is 4.92. The van der Waals surface area contributed by atoms with Crippen molar-refractivity contribution >= 4 is 15.9 Å². The van der Waals surface area contributed by atoms with Crippen molar-refractivity contribution in [3.8, 4) is 0 Å². The first kappa shape index (κ1) is 11.2. The molecule has 1 aromatic heterocycles. The summed E-state index contributed by atoms with van der Waals surface area (Å²) in [5.41, 5.74) is -0.799. The molecule has 78 valence electrons. The van der Waals surface area contributed by atoms with Gasteiger partial charge in [-0.15, -0.1) is 0 Å². The van der Waals surface area contributed by atoms with Crippen molar-refractivity contribution in [1.82, 2.24) is 9.55 Å². The number of nitrogens with zero attached hydrogens (tertiary/aromatic N) is 1. The van der Waals surface area contributed by atoms with Crippen LogP contribution in [0.5, 0.6) is 0 Å². The lowest BCUT2D eigenvalue weighted by molar-refractivity contribution is 0.189. The van der Waals surface area contributed by atoms with E-state index in [0.29, 0.717) is 17.6 Å². The maximum atomic E-state index is 11.2. The minimum Gasteiger partial charge on any atom is -0.385 e. The van der Waals surface area contributed by atoms with E-state index in [1.54, 1.807) is 7.11 Å². The summed E-state index contributed by atoms with van der Waals surface area (Å²) >= 11 is 3.05. The first-order valence-electron chi connectivity index (χ1n) is 4.13. The summed E-state index contributed by atoms with van der Waals surface area (Å²) < 4.78 is 6.65. The van der Waals surface area contributed by atoms with Crippen molar-refractivity contribution in [2.24, 2.45) is 0 Å². The Balaban J connectivity index is 2.82. The molecule has 0 aromatic carbocycles. The zero-order valence-electron chi connectivity index (χ0n) is 7.75. The largest absolute Gasteiger partial charge is 0.385 e. The average molecular weight is 263 g/mol. The molecule has 0 saturated heterocycles. The van der Waals surface area contributed by atoms with Crippen molar-refractivity contribution in [1.29, 1.82) is 0 Å². The van der Waals surface area contributed by atoms with Gasteiger partial charge < -0.3 is 4.74 Å². The van der Waals surface area contributed by atoms with E-state index in [4.69, 9.17) is 4.74 Å². The predicted octanol–water partition coefficient (Wildman–Crippen LogP) is 0.336. The lowest BCUT2D eigenvalue weighted by Crippen LogP contribution is -2.30. The van der Waals surface area contributed by atoms with Gasteiger partial charge in [0.2, 0.25) is 0 Å². The number of methoxy groups -OCH3 is 1. The Morgan fingerprint density at radius 3 is 2.93 bits per heavy atom. The zero-order chi connectivity index (χ0) is 10.6. The minimum atomic E-state index is -0.405. The zero-order valence-corrected chi connectivity index (χ0v) is 9.33. The van der Waals surface area contributed by atoms with E-state index >= 15 is 0 Å². The Hall–Kier alpha value is -0.880. The lowest BCUT2D eigenvalue weighted by Gasteiger charge is -2.04. The normalized spacial score (nSPS) is 10.4. The quantitative estimate of drug-likeness (QED) is 0.796. The summed E-state index contributed by atoms with van der Waals surface area (Å²) in [4.78, 5) is 24.4. The summed E-state index contributed by atoms with van der Waals surface area (Å²) in [6, 6.07) is 0. The Bertz CT molecular complexity index is 410. The molecule has 0 unspecified atom stereocenters. The van der Waals surface area contributed by atoms with Crippen molar-refractivity contribution in [2.45, 2.75) is 13.0 Å². The average Bonchev–Trinajstić information content (AvgIpc) is 2.14. The van der Waals surface area contributed by atoms with Gasteiger partial charge in [0.1, 0.15) is 0 Å². The van der Waals surface area contributed by atoms with E-state index in [2.05, 4.69) is 20.9 Å². The van der Waals surface area contributed by atoms with Crippen LogP contribution < -0.4 is 11.2 Å². The number of nitrogens with one attached hydrogen (secondary N) is 1. The Labute approximate surface area is 88.8 Å². The van der Waals surface area contributed by atoms with Gasteiger partial charge in [-0.2, -0.15) is 0 Å². The van der Waals surface area contributed by atoms with Crippen LogP contribution in [0.2, 0.25) is 0 Å². The monoisotopic (exact) mass is 262 g/mol. The van der Waals surface area contributed by atoms with E-state index in [1.807, 2.05) is 0 Å². The molecule has 0 fully saturated rings. The Morgan fingerprint density at radius 2 is 2.29 bits per heavy atom. The van der Waals surface area contributed by atoms with Crippen molar-refractivity contribution in [3.05, 3.63) is 31.5 Å². The molecule has 1 rings (SSSR count). The summed E-state index contributed by atoms with van der Waals surface area (Å²) in [6.45, 7) is 1.12. The standard InChI is InChI=1S/C8H11BrN2O3/c1-14-4-2-3-11-5-6(9)7(12)10-8(11)13/h5H,2-4H2,1H3,(H,10,12,13). The molecule has 14 heavy (non-hydrogen) atoms. The van der Waals surface area contributed by atoms with Gasteiger partial charge >= 0.3 is 5.69 Å². The molecule has 0 bridgehead atoms. The number of rotatable bonds is 4. The number of hydrogen-bond acceptors (Lipinski definition) is 3. The van der Waals surface area contributed by atoms with Gasteiger partial charge in [0.25, 0.3) is 5.56 Å². The highest BCUT2D eigenvalue weighted by atomic mass is 79.9. The third-order valence-corrected chi connectivity index (χ3v) is 2.28. The lowest BCUT2D eigenvalue weighted by atomic mass is 10.4. The molecule has 0 atom stereocenters. The second-order valence-electron chi connectivity index (χ2n) is 2.78. The molecule has 0 aliphatic rings. The molecule has 0 spiro atoms. The fourth-order valence-corrected chi connectivity index (χ4v) is 1.37. The SMILES string of the molecule is COCCCn1cc(Br)c(=O)[nH]c1=O. The van der Waals surface area contributed by atoms with E-state index in [-0.39, 0.29) is 0 Å². The maximum Gasteiger partial charge on any atom is 0.328 e. The summed E-state index contributed by atoms with van der Waals surface area (Å²) in [6.07, 6.45) is 2.21. The highest BCUT2D eigenvalue weighted by Crippen LogP contribution is 1.98. The molecular formula is C8H11BrN2O3. The number of ether oxygens (including phenoxy) is 1. The van der Waals surface area contributed by atoms with Crippen molar-refractivity contribution in [3.63, 3.8) is 0 Å². The summed E-state index contributed by atoms with van der Waals surface area (Å²) in [5, 5.41) is 0. The number of halogens is 1. The molecule has 0 aliphatic carbocycles. The van der Waals surface area contributed by atoms with E-state index in [1.165, 1.54) is 10.8 Å². The minimum absolute atomic E-state index is 0.356. The smallest absolute Gasteiger partial charge is 0.328 e. The van der Waals surface area contributed by atoms with Crippen LogP contribution in [0, 0.1) is 0 Å². The van der Waals surface area contributed by atoms with Crippen LogP contribution in [0.1, 0.15) is 6.42 Å². The van der Waals surface area contributed by atoms with Crippen LogP contribution in [-0.2, 0) is 11.3 Å². The van der Waals surface area contributed by atoms with Gasteiger partial charge in [-0.1, -0.05) is 0 Å². The summed E-state index contributed by atoms with van der Waals surface area (Å²) in [5.74, 6) is 0. The predicted molar refractivity (Wildman–Crippen MR) is 55.5 cm³/mol. The van der Waals surface area contributed by atoms with E-state index < -0.39 is 11.2 Å². The van der Waals surface area contributed by atoms with Gasteiger partial charge in [0, 0.05) is 26.5 Å². The molecule has 5 nitrogen and oxygen atoms in total. The molecule has 1 N–H and O–H groups in total. The molecule has 6 heteroatoms. The fourth-order valence-electron chi connectivity index (χ4n) is 1.03. The van der Waals surface area contributed by atoms with Gasteiger partial charge in [-0.25, -0.2) is 4.79 Å². The fraction of sp³-hybridized carbons (Fsp3) is 0.500. The maximum absolute atomic E-state index is 11.2.